The lowest BCUT2D eigenvalue weighted by atomic mass is 9.87. The van der Waals surface area contributed by atoms with Gasteiger partial charge in [-0.2, -0.15) is 0 Å². The maximum atomic E-state index is 12.2. The van der Waals surface area contributed by atoms with Gasteiger partial charge in [0, 0.05) is 6.07 Å². The molecule has 5 heteroatoms. The van der Waals surface area contributed by atoms with Crippen LogP contribution in [-0.2, 0) is 10.2 Å². The van der Waals surface area contributed by atoms with Gasteiger partial charge in [0.05, 0.1) is 0 Å². The van der Waals surface area contributed by atoms with Crippen LogP contribution in [0.4, 0.5) is 5.82 Å². The average Bonchev–Trinajstić information content (AvgIpc) is 2.90. The Hall–Kier alpha value is -2.30. The third-order valence-corrected chi connectivity index (χ3v) is 3.32. The maximum absolute atomic E-state index is 12.2. The zero-order chi connectivity index (χ0) is 16.4. The highest BCUT2D eigenvalue weighted by Crippen LogP contribution is 2.26. The van der Waals surface area contributed by atoms with Crippen molar-refractivity contribution in [2.45, 2.75) is 45.6 Å². The fraction of sp³-hybridized carbons (Fsp3) is 0.412. The number of anilines is 1. The van der Waals surface area contributed by atoms with E-state index in [0.717, 1.165) is 0 Å². The number of nitrogens with zero attached hydrogens (tertiary/aromatic N) is 1. The summed E-state index contributed by atoms with van der Waals surface area (Å²) >= 11 is 0. The summed E-state index contributed by atoms with van der Waals surface area (Å²) in [5.41, 5.74) is 0.269. The number of hydrogen-bond acceptors (Lipinski definition) is 4. The molecule has 5 nitrogen and oxygen atoms in total. The smallest absolute Gasteiger partial charge is 0.269 e. The lowest BCUT2D eigenvalue weighted by Crippen LogP contribution is -2.42. The number of ether oxygens (including phenoxy) is 1. The van der Waals surface area contributed by atoms with Crippen LogP contribution < -0.4 is 10.1 Å². The largest absolute Gasteiger partial charge is 0.478 e. The molecule has 0 saturated heterocycles. The molecular formula is C17H22N2O3. The topological polar surface area (TPSA) is 64.4 Å². The van der Waals surface area contributed by atoms with Gasteiger partial charge in [0.25, 0.3) is 5.91 Å². The fourth-order valence-corrected chi connectivity index (χ4v) is 1.91. The van der Waals surface area contributed by atoms with Crippen LogP contribution in [-0.4, -0.2) is 16.7 Å². The molecule has 22 heavy (non-hydrogen) atoms. The first-order chi connectivity index (χ1) is 10.2. The second-order valence-electron chi connectivity index (χ2n) is 6.73. The quantitative estimate of drug-likeness (QED) is 0.933. The maximum Gasteiger partial charge on any atom is 0.269 e. The minimum Gasteiger partial charge on any atom is -0.478 e. The number of aromatic nitrogens is 1. The Balaban J connectivity index is 2.06. The first-order valence-electron chi connectivity index (χ1n) is 7.20. The van der Waals surface area contributed by atoms with Crippen molar-refractivity contribution >= 4 is 11.7 Å². The van der Waals surface area contributed by atoms with Crippen LogP contribution in [0.3, 0.4) is 0 Å². The molecule has 0 radical (unpaired) electrons. The van der Waals surface area contributed by atoms with E-state index >= 15 is 0 Å². The molecule has 0 atom stereocenters. The van der Waals surface area contributed by atoms with Crippen LogP contribution >= 0.6 is 0 Å². The Bertz CT molecular complexity index is 623. The van der Waals surface area contributed by atoms with Gasteiger partial charge < -0.3 is 14.6 Å². The van der Waals surface area contributed by atoms with Crippen molar-refractivity contribution in [1.29, 1.82) is 0 Å². The van der Waals surface area contributed by atoms with E-state index in [4.69, 9.17) is 4.74 Å². The highest BCUT2D eigenvalue weighted by molar-refractivity contribution is 5.96. The summed E-state index contributed by atoms with van der Waals surface area (Å²) in [7, 11) is 0. The van der Waals surface area contributed by atoms with Crippen molar-refractivity contribution in [3.05, 3.63) is 42.2 Å². The number of amides is 1. The molecule has 0 fully saturated rings. The standard InChI is InChI=1S/C17H22N2O3/c1-16(2,3)12-6-8-13(9-7-12)22-17(4,5)15(20)18-14-10-11-21-19-14/h6-11H,1-5H3,(H,18,19,20). The van der Waals surface area contributed by atoms with Crippen LogP contribution in [0.5, 0.6) is 5.75 Å². The van der Waals surface area contributed by atoms with Crippen molar-refractivity contribution in [1.82, 2.24) is 5.16 Å². The van der Waals surface area contributed by atoms with E-state index < -0.39 is 5.60 Å². The molecule has 1 amide bonds. The third-order valence-electron chi connectivity index (χ3n) is 3.32. The van der Waals surface area contributed by atoms with E-state index in [9.17, 15) is 4.79 Å². The predicted octanol–water partition coefficient (Wildman–Crippen LogP) is 3.77. The number of rotatable bonds is 4. The van der Waals surface area contributed by atoms with Crippen LogP contribution in [0.25, 0.3) is 0 Å². The monoisotopic (exact) mass is 302 g/mol. The Morgan fingerprint density at radius 1 is 1.09 bits per heavy atom. The Labute approximate surface area is 130 Å². The van der Waals surface area contributed by atoms with Gasteiger partial charge >= 0.3 is 0 Å². The summed E-state index contributed by atoms with van der Waals surface area (Å²) in [5.74, 6) is 0.722. The normalized spacial score (nSPS) is 12.0. The average molecular weight is 302 g/mol. The van der Waals surface area contributed by atoms with Gasteiger partial charge in [-0.1, -0.05) is 38.1 Å². The first-order valence-corrected chi connectivity index (χ1v) is 7.20. The summed E-state index contributed by atoms with van der Waals surface area (Å²) in [4.78, 5) is 12.2. The van der Waals surface area contributed by atoms with Crippen LogP contribution in [0.2, 0.25) is 0 Å². The molecule has 0 unspecified atom stereocenters. The lowest BCUT2D eigenvalue weighted by Gasteiger charge is -2.25. The number of hydrogen-bond donors (Lipinski definition) is 1. The second kappa shape index (κ2) is 5.83. The predicted molar refractivity (Wildman–Crippen MR) is 85.0 cm³/mol. The van der Waals surface area contributed by atoms with Crippen molar-refractivity contribution < 1.29 is 14.1 Å². The molecule has 1 heterocycles. The molecule has 2 aromatic rings. The number of benzene rings is 1. The molecule has 0 bridgehead atoms. The Morgan fingerprint density at radius 2 is 1.73 bits per heavy atom. The van der Waals surface area contributed by atoms with Gasteiger partial charge in [-0.25, -0.2) is 0 Å². The minimum atomic E-state index is -1.03. The lowest BCUT2D eigenvalue weighted by molar-refractivity contribution is -0.128. The molecule has 118 valence electrons. The van der Waals surface area contributed by atoms with Crippen LogP contribution in [0.1, 0.15) is 40.2 Å². The van der Waals surface area contributed by atoms with Crippen LogP contribution in [0.15, 0.2) is 41.1 Å². The van der Waals surface area contributed by atoms with Crippen molar-refractivity contribution in [2.24, 2.45) is 0 Å². The molecule has 0 aliphatic carbocycles. The Morgan fingerprint density at radius 3 is 2.23 bits per heavy atom. The summed E-state index contributed by atoms with van der Waals surface area (Å²) in [6.45, 7) is 9.87. The highest BCUT2D eigenvalue weighted by atomic mass is 16.5. The van der Waals surface area contributed by atoms with Crippen LogP contribution in [0, 0.1) is 0 Å². The van der Waals surface area contributed by atoms with E-state index in [2.05, 4.69) is 35.8 Å². The van der Waals surface area contributed by atoms with E-state index in [1.54, 1.807) is 19.9 Å². The van der Waals surface area contributed by atoms with Gasteiger partial charge in [-0.3, -0.25) is 4.79 Å². The molecule has 0 saturated carbocycles. The summed E-state index contributed by atoms with van der Waals surface area (Å²) in [5, 5.41) is 6.30. The van der Waals surface area contributed by atoms with Gasteiger partial charge in [0.15, 0.2) is 11.4 Å². The minimum absolute atomic E-state index is 0.0817. The number of nitrogens with one attached hydrogen (secondary N) is 1. The van der Waals surface area contributed by atoms with Gasteiger partial charge in [-0.05, 0) is 37.0 Å². The number of carbonyl (C=O) groups excluding carboxylic acids is 1. The van der Waals surface area contributed by atoms with Gasteiger partial charge in [0.2, 0.25) is 0 Å². The summed E-state index contributed by atoms with van der Waals surface area (Å²) < 4.78 is 10.5. The van der Waals surface area contributed by atoms with Gasteiger partial charge in [-0.15, -0.1) is 0 Å². The van der Waals surface area contributed by atoms with Crippen molar-refractivity contribution in [2.75, 3.05) is 5.32 Å². The molecular weight excluding hydrogens is 280 g/mol. The number of carbonyl (C=O) groups is 1. The van der Waals surface area contributed by atoms with Gasteiger partial charge in [0.1, 0.15) is 12.0 Å². The van der Waals surface area contributed by atoms with E-state index in [1.807, 2.05) is 24.3 Å². The zero-order valence-electron chi connectivity index (χ0n) is 13.6. The summed E-state index contributed by atoms with van der Waals surface area (Å²) in [6, 6.07) is 9.37. The molecule has 1 N–H and O–H groups in total. The Kier molecular flexibility index (Phi) is 4.26. The SMILES string of the molecule is CC(C)(Oc1ccc(C(C)(C)C)cc1)C(=O)Nc1ccon1. The molecule has 0 aliphatic rings. The molecule has 1 aromatic heterocycles. The highest BCUT2D eigenvalue weighted by Gasteiger charge is 2.30. The van der Waals surface area contributed by atoms with E-state index in [1.165, 1.54) is 11.8 Å². The van der Waals surface area contributed by atoms with E-state index in [-0.39, 0.29) is 11.3 Å². The molecule has 0 spiro atoms. The molecule has 2 rings (SSSR count). The molecule has 1 aromatic carbocycles. The second-order valence-corrected chi connectivity index (χ2v) is 6.73. The van der Waals surface area contributed by atoms with Crippen molar-refractivity contribution in [3.8, 4) is 5.75 Å². The van der Waals surface area contributed by atoms with Crippen molar-refractivity contribution in [3.63, 3.8) is 0 Å². The third kappa shape index (κ3) is 3.87. The first kappa shape index (κ1) is 16.1. The summed E-state index contributed by atoms with van der Waals surface area (Å²) in [6.07, 6.45) is 1.40. The van der Waals surface area contributed by atoms with E-state index in [0.29, 0.717) is 11.6 Å². The molecule has 0 aliphatic heterocycles. The zero-order valence-corrected chi connectivity index (χ0v) is 13.6. The fourth-order valence-electron chi connectivity index (χ4n) is 1.91.